The highest BCUT2D eigenvalue weighted by molar-refractivity contribution is 5.82. The van der Waals surface area contributed by atoms with Gasteiger partial charge in [-0.05, 0) is 0 Å². The van der Waals surface area contributed by atoms with Gasteiger partial charge >= 0.3 is 5.97 Å². The average molecular weight is 229 g/mol. The number of carbonyl (C=O) groups excluding carboxylic acids is 2. The minimum absolute atomic E-state index is 0.0519. The van der Waals surface area contributed by atoms with E-state index in [4.69, 9.17) is 5.11 Å². The van der Waals surface area contributed by atoms with E-state index in [2.05, 4.69) is 16.0 Å². The van der Waals surface area contributed by atoms with Crippen molar-refractivity contribution in [2.45, 2.75) is 25.4 Å². The molecule has 16 heavy (non-hydrogen) atoms. The van der Waals surface area contributed by atoms with E-state index in [0.717, 1.165) is 0 Å². The number of carboxylic acid groups (broad SMARTS) is 1. The van der Waals surface area contributed by atoms with Gasteiger partial charge in [0.1, 0.15) is 6.04 Å². The zero-order valence-corrected chi connectivity index (χ0v) is 8.95. The molecule has 0 aliphatic carbocycles. The quantitative estimate of drug-likeness (QED) is 0.438. The summed E-state index contributed by atoms with van der Waals surface area (Å²) in [6.07, 6.45) is 0.340. The molecule has 90 valence electrons. The van der Waals surface area contributed by atoms with Crippen LogP contribution in [0.4, 0.5) is 0 Å². The molecule has 0 aromatic heterocycles. The maximum absolute atomic E-state index is 10.9. The smallest absolute Gasteiger partial charge is 0.327 e. The molecule has 0 radical (unpaired) electrons. The molecule has 7 nitrogen and oxygen atoms in total. The predicted octanol–water partition coefficient (Wildman–Crippen LogP) is -1.95. The Balaban J connectivity index is 2.35. The van der Waals surface area contributed by atoms with E-state index >= 15 is 0 Å². The van der Waals surface area contributed by atoms with Gasteiger partial charge in [0.15, 0.2) is 0 Å². The van der Waals surface area contributed by atoms with Crippen LogP contribution < -0.4 is 16.0 Å². The van der Waals surface area contributed by atoms with E-state index in [1.165, 1.54) is 6.92 Å². The predicted molar refractivity (Wildman–Crippen MR) is 54.7 cm³/mol. The fourth-order valence-corrected chi connectivity index (χ4v) is 1.48. The van der Waals surface area contributed by atoms with Gasteiger partial charge < -0.3 is 21.1 Å². The standard InChI is InChI=1S/C9H15N3O4/c1-5(13)12-7(9(15)16)4-10-6-2-8(14)11-3-6/h6-7,10H,2-4H2,1H3,(H,11,14)(H,12,13)(H,15,16). The van der Waals surface area contributed by atoms with E-state index in [9.17, 15) is 14.4 Å². The number of hydrogen-bond donors (Lipinski definition) is 4. The molecule has 2 atom stereocenters. The van der Waals surface area contributed by atoms with E-state index in [-0.39, 0.29) is 18.5 Å². The first kappa shape index (κ1) is 12.4. The Morgan fingerprint density at radius 1 is 1.62 bits per heavy atom. The molecule has 4 N–H and O–H groups in total. The summed E-state index contributed by atoms with van der Waals surface area (Å²) in [7, 11) is 0. The summed E-state index contributed by atoms with van der Waals surface area (Å²) in [5.41, 5.74) is 0. The Hall–Kier alpha value is -1.63. The monoisotopic (exact) mass is 229 g/mol. The van der Waals surface area contributed by atoms with Gasteiger partial charge in [-0.3, -0.25) is 9.59 Å². The molecular formula is C9H15N3O4. The first-order chi connectivity index (χ1) is 7.49. The molecule has 1 heterocycles. The van der Waals surface area contributed by atoms with Gasteiger partial charge in [0.2, 0.25) is 11.8 Å². The van der Waals surface area contributed by atoms with Gasteiger partial charge in [-0.25, -0.2) is 4.79 Å². The lowest BCUT2D eigenvalue weighted by Gasteiger charge is -2.16. The molecular weight excluding hydrogens is 214 g/mol. The second-order valence-corrected chi connectivity index (χ2v) is 3.70. The summed E-state index contributed by atoms with van der Waals surface area (Å²) < 4.78 is 0. The normalized spacial score (nSPS) is 21.3. The highest BCUT2D eigenvalue weighted by Crippen LogP contribution is 1.98. The second-order valence-electron chi connectivity index (χ2n) is 3.70. The number of carboxylic acids is 1. The zero-order valence-electron chi connectivity index (χ0n) is 8.95. The summed E-state index contributed by atoms with van der Waals surface area (Å²) in [6, 6.07) is -1.03. The SMILES string of the molecule is CC(=O)NC(CNC1CNC(=O)C1)C(=O)O. The average Bonchev–Trinajstić information content (AvgIpc) is 2.58. The van der Waals surface area contributed by atoms with E-state index < -0.39 is 17.9 Å². The molecule has 2 unspecified atom stereocenters. The van der Waals surface area contributed by atoms with Crippen LogP contribution in [0.2, 0.25) is 0 Å². The van der Waals surface area contributed by atoms with Gasteiger partial charge in [-0.15, -0.1) is 0 Å². The van der Waals surface area contributed by atoms with Crippen LogP contribution in [0, 0.1) is 0 Å². The van der Waals surface area contributed by atoms with Gasteiger partial charge in [0, 0.05) is 32.5 Å². The molecule has 1 rings (SSSR count). The third-order valence-electron chi connectivity index (χ3n) is 2.26. The molecule has 0 aromatic carbocycles. The number of amides is 2. The first-order valence-corrected chi connectivity index (χ1v) is 4.99. The number of nitrogens with one attached hydrogen (secondary N) is 3. The number of aliphatic carboxylic acids is 1. The Kier molecular flexibility index (Phi) is 4.24. The minimum atomic E-state index is -1.10. The minimum Gasteiger partial charge on any atom is -0.480 e. The Morgan fingerprint density at radius 2 is 2.31 bits per heavy atom. The van der Waals surface area contributed by atoms with Crippen molar-refractivity contribution in [3.63, 3.8) is 0 Å². The van der Waals surface area contributed by atoms with Crippen molar-refractivity contribution < 1.29 is 19.5 Å². The van der Waals surface area contributed by atoms with Crippen LogP contribution in [0.15, 0.2) is 0 Å². The molecule has 0 aromatic rings. The maximum atomic E-state index is 10.9. The molecule has 1 fully saturated rings. The van der Waals surface area contributed by atoms with E-state index in [1.807, 2.05) is 0 Å². The van der Waals surface area contributed by atoms with Crippen molar-refractivity contribution in [2.24, 2.45) is 0 Å². The van der Waals surface area contributed by atoms with Crippen LogP contribution in [0.5, 0.6) is 0 Å². The molecule has 0 spiro atoms. The van der Waals surface area contributed by atoms with Crippen LogP contribution in [0.1, 0.15) is 13.3 Å². The topological polar surface area (TPSA) is 108 Å². The first-order valence-electron chi connectivity index (χ1n) is 4.99. The van der Waals surface area contributed by atoms with Gasteiger partial charge in [0.25, 0.3) is 0 Å². The van der Waals surface area contributed by atoms with Crippen molar-refractivity contribution in [3.8, 4) is 0 Å². The zero-order chi connectivity index (χ0) is 12.1. The molecule has 1 aliphatic heterocycles. The highest BCUT2D eigenvalue weighted by atomic mass is 16.4. The van der Waals surface area contributed by atoms with E-state index in [0.29, 0.717) is 13.0 Å². The Morgan fingerprint density at radius 3 is 2.75 bits per heavy atom. The largest absolute Gasteiger partial charge is 0.480 e. The van der Waals surface area contributed by atoms with Crippen molar-refractivity contribution >= 4 is 17.8 Å². The number of carbonyl (C=O) groups is 3. The van der Waals surface area contributed by atoms with Gasteiger partial charge in [-0.2, -0.15) is 0 Å². The van der Waals surface area contributed by atoms with Crippen molar-refractivity contribution in [2.75, 3.05) is 13.1 Å². The van der Waals surface area contributed by atoms with Crippen LogP contribution >= 0.6 is 0 Å². The molecule has 0 bridgehead atoms. The van der Waals surface area contributed by atoms with Crippen molar-refractivity contribution in [3.05, 3.63) is 0 Å². The third-order valence-corrected chi connectivity index (χ3v) is 2.26. The van der Waals surface area contributed by atoms with Gasteiger partial charge in [0.05, 0.1) is 0 Å². The van der Waals surface area contributed by atoms with Crippen molar-refractivity contribution in [1.82, 2.24) is 16.0 Å². The number of hydrogen-bond acceptors (Lipinski definition) is 4. The molecule has 1 saturated heterocycles. The lowest BCUT2D eigenvalue weighted by molar-refractivity contribution is -0.141. The van der Waals surface area contributed by atoms with Crippen molar-refractivity contribution in [1.29, 1.82) is 0 Å². The summed E-state index contributed by atoms with van der Waals surface area (Å²) in [5, 5.41) is 16.7. The summed E-state index contributed by atoms with van der Waals surface area (Å²) in [5.74, 6) is -1.54. The van der Waals surface area contributed by atoms with Gasteiger partial charge in [-0.1, -0.05) is 0 Å². The maximum Gasteiger partial charge on any atom is 0.327 e. The second kappa shape index (κ2) is 5.45. The lowest BCUT2D eigenvalue weighted by atomic mass is 10.2. The Bertz CT molecular complexity index is 305. The van der Waals surface area contributed by atoms with Crippen LogP contribution in [0.3, 0.4) is 0 Å². The van der Waals surface area contributed by atoms with Crippen LogP contribution in [-0.2, 0) is 14.4 Å². The fraction of sp³-hybridized carbons (Fsp3) is 0.667. The van der Waals surface area contributed by atoms with Crippen LogP contribution in [0.25, 0.3) is 0 Å². The molecule has 0 saturated carbocycles. The molecule has 1 aliphatic rings. The summed E-state index contributed by atoms with van der Waals surface area (Å²) in [6.45, 7) is 1.86. The molecule has 7 heteroatoms. The third kappa shape index (κ3) is 3.85. The Labute approximate surface area is 92.6 Å². The highest BCUT2D eigenvalue weighted by Gasteiger charge is 2.24. The molecule has 2 amide bonds. The van der Waals surface area contributed by atoms with E-state index in [1.54, 1.807) is 0 Å². The summed E-state index contributed by atoms with van der Waals surface area (Å²) in [4.78, 5) is 32.4. The van der Waals surface area contributed by atoms with Crippen LogP contribution in [-0.4, -0.2) is 48.1 Å². The number of rotatable bonds is 5. The fourth-order valence-electron chi connectivity index (χ4n) is 1.48. The summed E-state index contributed by atoms with van der Waals surface area (Å²) >= 11 is 0. The lowest BCUT2D eigenvalue weighted by Crippen LogP contribution is -2.49.